The van der Waals surface area contributed by atoms with Crippen molar-refractivity contribution in [2.45, 2.75) is 18.1 Å². The molecule has 0 aliphatic carbocycles. The molecule has 34 heavy (non-hydrogen) atoms. The summed E-state index contributed by atoms with van der Waals surface area (Å²) in [5.74, 6) is -1.26. The standard InChI is InChI=1S/C22H19BrF3N5O3/c1-3-17(32)28-15-5-4-12(8-14(15)22(24,25)26)19(33)31-7-6-21(11-31)20(34)30(2)16-9-13(23)10-27-18(16)29-21/h3-5,8-10H,1,6-7,11H2,2H3,(H,27,29)(H,28,32). The third kappa shape index (κ3) is 4.13. The molecule has 3 amide bonds. The summed E-state index contributed by atoms with van der Waals surface area (Å²) in [5.41, 5.74) is -2.41. The highest BCUT2D eigenvalue weighted by atomic mass is 79.9. The molecular formula is C22H19BrF3N5O3. The van der Waals surface area contributed by atoms with Crippen molar-refractivity contribution >= 4 is 50.8 Å². The second-order valence-electron chi connectivity index (χ2n) is 8.02. The molecule has 12 heteroatoms. The molecule has 3 heterocycles. The Morgan fingerprint density at radius 2 is 2.06 bits per heavy atom. The molecule has 2 aliphatic rings. The molecule has 4 rings (SSSR count). The molecule has 1 atom stereocenters. The first-order valence-electron chi connectivity index (χ1n) is 10.1. The van der Waals surface area contributed by atoms with Crippen LogP contribution in [0.4, 0.5) is 30.4 Å². The van der Waals surface area contributed by atoms with E-state index in [0.717, 1.165) is 12.1 Å². The van der Waals surface area contributed by atoms with Gasteiger partial charge in [-0.25, -0.2) is 4.98 Å². The minimum atomic E-state index is -4.81. The fraction of sp³-hybridized carbons (Fsp3) is 0.273. The van der Waals surface area contributed by atoms with Crippen LogP contribution in [0.25, 0.3) is 0 Å². The Balaban J connectivity index is 1.61. The SMILES string of the molecule is C=CC(=O)Nc1ccc(C(=O)N2CCC3(C2)Nc2ncc(Br)cc2N(C)C3=O)cc1C(F)(F)F. The van der Waals surface area contributed by atoms with Crippen molar-refractivity contribution in [2.24, 2.45) is 0 Å². The zero-order valence-electron chi connectivity index (χ0n) is 17.9. The molecule has 2 aliphatic heterocycles. The Morgan fingerprint density at radius 3 is 2.74 bits per heavy atom. The molecule has 0 saturated carbocycles. The van der Waals surface area contributed by atoms with E-state index < -0.39 is 34.8 Å². The van der Waals surface area contributed by atoms with Gasteiger partial charge in [0.2, 0.25) is 5.91 Å². The van der Waals surface area contributed by atoms with E-state index >= 15 is 0 Å². The summed E-state index contributed by atoms with van der Waals surface area (Å²) < 4.78 is 41.5. The van der Waals surface area contributed by atoms with Gasteiger partial charge >= 0.3 is 6.18 Å². The fourth-order valence-electron chi connectivity index (χ4n) is 4.14. The topological polar surface area (TPSA) is 94.6 Å². The second kappa shape index (κ2) is 8.42. The first-order valence-corrected chi connectivity index (χ1v) is 10.9. The second-order valence-corrected chi connectivity index (χ2v) is 8.94. The number of pyridine rings is 1. The number of likely N-dealkylation sites (tertiary alicyclic amines) is 1. The van der Waals surface area contributed by atoms with E-state index in [1.165, 1.54) is 15.9 Å². The molecule has 2 aromatic rings. The van der Waals surface area contributed by atoms with E-state index in [-0.39, 0.29) is 31.0 Å². The van der Waals surface area contributed by atoms with Gasteiger partial charge in [-0.2, -0.15) is 13.2 Å². The van der Waals surface area contributed by atoms with Gasteiger partial charge in [0.05, 0.1) is 23.5 Å². The van der Waals surface area contributed by atoms with Gasteiger partial charge in [-0.3, -0.25) is 14.4 Å². The molecule has 0 radical (unpaired) electrons. The first kappa shape index (κ1) is 23.7. The lowest BCUT2D eigenvalue weighted by Crippen LogP contribution is -2.58. The summed E-state index contributed by atoms with van der Waals surface area (Å²) in [5, 5.41) is 5.24. The molecule has 1 unspecified atom stereocenters. The average molecular weight is 538 g/mol. The van der Waals surface area contributed by atoms with E-state index in [9.17, 15) is 27.6 Å². The predicted octanol–water partition coefficient (Wildman–Crippen LogP) is 3.66. The number of carbonyl (C=O) groups is 3. The Morgan fingerprint density at radius 1 is 1.32 bits per heavy atom. The Hall–Kier alpha value is -3.41. The highest BCUT2D eigenvalue weighted by Gasteiger charge is 2.51. The summed E-state index contributed by atoms with van der Waals surface area (Å²) in [7, 11) is 1.61. The van der Waals surface area contributed by atoms with E-state index in [1.807, 2.05) is 0 Å². The number of anilines is 3. The maximum absolute atomic E-state index is 13.6. The predicted molar refractivity (Wildman–Crippen MR) is 122 cm³/mol. The number of aromatic nitrogens is 1. The van der Waals surface area contributed by atoms with E-state index in [0.29, 0.717) is 22.0 Å². The molecule has 2 N–H and O–H groups in total. The van der Waals surface area contributed by atoms with Crippen molar-refractivity contribution in [3.8, 4) is 0 Å². The van der Waals surface area contributed by atoms with Crippen molar-refractivity contribution in [2.75, 3.05) is 35.7 Å². The molecule has 1 saturated heterocycles. The van der Waals surface area contributed by atoms with Crippen molar-refractivity contribution in [3.05, 3.63) is 58.7 Å². The summed E-state index contributed by atoms with van der Waals surface area (Å²) in [4.78, 5) is 44.9. The normalized spacial score (nSPS) is 19.6. The van der Waals surface area contributed by atoms with Crippen LogP contribution < -0.4 is 15.5 Å². The lowest BCUT2D eigenvalue weighted by atomic mass is 9.94. The van der Waals surface area contributed by atoms with Crippen LogP contribution in [-0.4, -0.2) is 53.3 Å². The number of nitrogens with one attached hydrogen (secondary N) is 2. The van der Waals surface area contributed by atoms with E-state index in [1.54, 1.807) is 19.3 Å². The number of hydrogen-bond acceptors (Lipinski definition) is 5. The number of nitrogens with zero attached hydrogens (tertiary/aromatic N) is 3. The molecule has 8 nitrogen and oxygen atoms in total. The van der Waals surface area contributed by atoms with Crippen LogP contribution in [0.5, 0.6) is 0 Å². The van der Waals surface area contributed by atoms with Crippen molar-refractivity contribution in [3.63, 3.8) is 0 Å². The van der Waals surface area contributed by atoms with Crippen molar-refractivity contribution in [1.29, 1.82) is 0 Å². The lowest BCUT2D eigenvalue weighted by molar-refractivity contribution is -0.137. The van der Waals surface area contributed by atoms with Gasteiger partial charge in [-0.1, -0.05) is 6.58 Å². The summed E-state index contributed by atoms with van der Waals surface area (Å²) in [6.07, 6.45) is -2.12. The van der Waals surface area contributed by atoms with Crippen LogP contribution in [0.15, 0.2) is 47.6 Å². The van der Waals surface area contributed by atoms with Crippen LogP contribution in [0.3, 0.4) is 0 Å². The minimum absolute atomic E-state index is 0.0392. The molecule has 178 valence electrons. The van der Waals surface area contributed by atoms with Crippen molar-refractivity contribution in [1.82, 2.24) is 9.88 Å². The Kier molecular flexibility index (Phi) is 5.88. The molecule has 0 bridgehead atoms. The first-order chi connectivity index (χ1) is 15.9. The maximum atomic E-state index is 13.6. The molecule has 1 aromatic heterocycles. The van der Waals surface area contributed by atoms with Gasteiger partial charge < -0.3 is 20.4 Å². The number of fused-ring (bicyclic) bond motifs is 1. The zero-order valence-corrected chi connectivity index (χ0v) is 19.5. The van der Waals surface area contributed by atoms with Gasteiger partial charge in [-0.15, -0.1) is 0 Å². The fourth-order valence-corrected chi connectivity index (χ4v) is 4.46. The van der Waals surface area contributed by atoms with Crippen LogP contribution in [0.1, 0.15) is 22.3 Å². The Labute approximate surface area is 200 Å². The highest BCUT2D eigenvalue weighted by molar-refractivity contribution is 9.10. The van der Waals surface area contributed by atoms with Gasteiger partial charge in [-0.05, 0) is 52.7 Å². The third-order valence-corrected chi connectivity index (χ3v) is 6.27. The van der Waals surface area contributed by atoms with Crippen LogP contribution in [0, 0.1) is 0 Å². The third-order valence-electron chi connectivity index (χ3n) is 5.84. The van der Waals surface area contributed by atoms with E-state index in [2.05, 4.69) is 38.1 Å². The monoisotopic (exact) mass is 537 g/mol. The molecule has 1 aromatic carbocycles. The molecule has 1 fully saturated rings. The summed E-state index contributed by atoms with van der Waals surface area (Å²) in [6.45, 7) is 3.34. The number of halogens is 4. The van der Waals surface area contributed by atoms with Crippen molar-refractivity contribution < 1.29 is 27.6 Å². The Bertz CT molecular complexity index is 1220. The summed E-state index contributed by atoms with van der Waals surface area (Å²) >= 11 is 3.32. The highest BCUT2D eigenvalue weighted by Crippen LogP contribution is 2.40. The van der Waals surface area contributed by atoms with Crippen LogP contribution in [-0.2, 0) is 15.8 Å². The molecule has 1 spiro atoms. The number of benzene rings is 1. The number of hydrogen-bond donors (Lipinski definition) is 2. The number of alkyl halides is 3. The lowest BCUT2D eigenvalue weighted by Gasteiger charge is -2.39. The average Bonchev–Trinajstić information content (AvgIpc) is 3.22. The smallest absolute Gasteiger partial charge is 0.353 e. The van der Waals surface area contributed by atoms with Crippen LogP contribution in [0.2, 0.25) is 0 Å². The van der Waals surface area contributed by atoms with Gasteiger partial charge in [0.15, 0.2) is 5.82 Å². The van der Waals surface area contributed by atoms with Gasteiger partial charge in [0.25, 0.3) is 11.8 Å². The number of carbonyl (C=O) groups excluding carboxylic acids is 3. The largest absolute Gasteiger partial charge is 0.418 e. The van der Waals surface area contributed by atoms with Gasteiger partial charge in [0, 0.05) is 29.8 Å². The molecular weight excluding hydrogens is 519 g/mol. The maximum Gasteiger partial charge on any atom is 0.418 e. The minimum Gasteiger partial charge on any atom is -0.353 e. The zero-order chi connectivity index (χ0) is 24.8. The number of likely N-dealkylation sites (N-methyl/N-ethyl adjacent to an activating group) is 1. The number of amides is 3. The quantitative estimate of drug-likeness (QED) is 0.582. The van der Waals surface area contributed by atoms with E-state index in [4.69, 9.17) is 0 Å². The van der Waals surface area contributed by atoms with Crippen LogP contribution >= 0.6 is 15.9 Å². The number of rotatable bonds is 3. The van der Waals surface area contributed by atoms with Gasteiger partial charge in [0.1, 0.15) is 5.54 Å². The summed E-state index contributed by atoms with van der Waals surface area (Å²) in [6, 6.07) is 4.67.